The third-order valence-corrected chi connectivity index (χ3v) is 6.47. The number of aryl methyl sites for hydroxylation is 1. The van der Waals surface area contributed by atoms with Crippen LogP contribution in [0.2, 0.25) is 0 Å². The number of benzene rings is 3. The van der Waals surface area contributed by atoms with E-state index < -0.39 is 23.1 Å². The highest BCUT2D eigenvalue weighted by Gasteiger charge is 2.21. The Morgan fingerprint density at radius 2 is 1.52 bits per heavy atom. The van der Waals surface area contributed by atoms with Crippen LogP contribution in [0.15, 0.2) is 60.7 Å². The Kier molecular flexibility index (Phi) is 6.20. The van der Waals surface area contributed by atoms with Gasteiger partial charge in [-0.25, -0.2) is 8.78 Å². The van der Waals surface area contributed by atoms with E-state index in [1.165, 1.54) is 29.4 Å². The Hall–Kier alpha value is -3.65. The predicted octanol–water partition coefficient (Wildman–Crippen LogP) is 5.80. The summed E-state index contributed by atoms with van der Waals surface area (Å²) in [5.41, 5.74) is 3.99. The van der Waals surface area contributed by atoms with Crippen molar-refractivity contribution in [1.29, 1.82) is 0 Å². The summed E-state index contributed by atoms with van der Waals surface area (Å²) in [7, 11) is 5.34. The molecule has 0 N–H and O–H groups in total. The molecule has 0 radical (unpaired) electrons. The molecule has 0 unspecified atom stereocenters. The monoisotopic (exact) mass is 464 g/mol. The van der Waals surface area contributed by atoms with Crippen molar-refractivity contribution in [2.45, 2.75) is 6.92 Å². The van der Waals surface area contributed by atoms with Gasteiger partial charge < -0.3 is 9.80 Å². The van der Waals surface area contributed by atoms with Gasteiger partial charge in [0.05, 0.1) is 0 Å². The summed E-state index contributed by atoms with van der Waals surface area (Å²) in [6.07, 6.45) is 0. The minimum Gasteiger partial charge on any atom is -0.353 e. The molecule has 1 amide bonds. The van der Waals surface area contributed by atoms with Gasteiger partial charge in [0.1, 0.15) is 22.2 Å². The van der Waals surface area contributed by atoms with Crippen LogP contribution in [-0.4, -0.2) is 37.2 Å². The summed E-state index contributed by atoms with van der Waals surface area (Å²) in [5.74, 6) is -2.51. The van der Waals surface area contributed by atoms with Crippen molar-refractivity contribution in [3.05, 3.63) is 83.4 Å². The van der Waals surface area contributed by atoms with E-state index in [1.807, 2.05) is 50.2 Å². The maximum absolute atomic E-state index is 14.0. The number of carbonyl (C=O) groups is 1. The molecular weight excluding hydrogens is 442 g/mol. The number of amides is 1. The zero-order chi connectivity index (χ0) is 23.7. The Balaban J connectivity index is 1.62. The van der Waals surface area contributed by atoms with Gasteiger partial charge in [-0.15, -0.1) is 10.2 Å². The molecule has 4 aromatic rings. The van der Waals surface area contributed by atoms with Crippen LogP contribution in [0.3, 0.4) is 0 Å². The molecule has 0 aliphatic heterocycles. The SMILES string of the molecule is Cc1ccc(-c2nnc(N(C)C)s2)cc1-c1ccc(N(C)C(=O)c2c(F)cccc2F)cc1. The van der Waals surface area contributed by atoms with Crippen LogP contribution in [0.5, 0.6) is 0 Å². The first-order chi connectivity index (χ1) is 15.8. The van der Waals surface area contributed by atoms with Crippen molar-refractivity contribution in [1.82, 2.24) is 10.2 Å². The van der Waals surface area contributed by atoms with Crippen LogP contribution >= 0.6 is 11.3 Å². The van der Waals surface area contributed by atoms with Crippen LogP contribution in [0.25, 0.3) is 21.7 Å². The summed E-state index contributed by atoms with van der Waals surface area (Å²) >= 11 is 1.51. The highest BCUT2D eigenvalue weighted by molar-refractivity contribution is 7.18. The fraction of sp³-hybridized carbons (Fsp3) is 0.160. The van der Waals surface area contributed by atoms with Crippen molar-refractivity contribution < 1.29 is 13.6 Å². The molecule has 0 aliphatic carbocycles. The lowest BCUT2D eigenvalue weighted by molar-refractivity contribution is 0.0985. The summed E-state index contributed by atoms with van der Waals surface area (Å²) in [5, 5.41) is 10.2. The summed E-state index contributed by atoms with van der Waals surface area (Å²) in [6, 6.07) is 16.8. The molecule has 4 rings (SSSR count). The summed E-state index contributed by atoms with van der Waals surface area (Å²) < 4.78 is 28.1. The van der Waals surface area contributed by atoms with Crippen molar-refractivity contribution in [3.63, 3.8) is 0 Å². The molecule has 0 fully saturated rings. The predicted molar refractivity (Wildman–Crippen MR) is 129 cm³/mol. The molecule has 0 atom stereocenters. The quantitative estimate of drug-likeness (QED) is 0.375. The topological polar surface area (TPSA) is 49.3 Å². The highest BCUT2D eigenvalue weighted by Crippen LogP contribution is 2.33. The van der Waals surface area contributed by atoms with Crippen molar-refractivity contribution >= 4 is 28.1 Å². The minimum atomic E-state index is -0.884. The molecule has 0 aliphatic rings. The van der Waals surface area contributed by atoms with Crippen molar-refractivity contribution in [2.24, 2.45) is 0 Å². The molecule has 0 spiro atoms. The van der Waals surface area contributed by atoms with Gasteiger partial charge in [0.25, 0.3) is 5.91 Å². The molecule has 1 aromatic heterocycles. The van der Waals surface area contributed by atoms with Gasteiger partial charge in [0.2, 0.25) is 5.13 Å². The number of rotatable bonds is 5. The zero-order valence-electron chi connectivity index (χ0n) is 18.6. The lowest BCUT2D eigenvalue weighted by atomic mass is 9.98. The molecule has 8 heteroatoms. The summed E-state index contributed by atoms with van der Waals surface area (Å²) in [4.78, 5) is 15.8. The van der Waals surface area contributed by atoms with E-state index in [2.05, 4.69) is 16.3 Å². The largest absolute Gasteiger partial charge is 0.353 e. The van der Waals surface area contributed by atoms with E-state index in [-0.39, 0.29) is 0 Å². The van der Waals surface area contributed by atoms with Crippen LogP contribution in [0, 0.1) is 18.6 Å². The van der Waals surface area contributed by atoms with Gasteiger partial charge >= 0.3 is 0 Å². The Labute approximate surface area is 194 Å². The van der Waals surface area contributed by atoms with Gasteiger partial charge in [0.15, 0.2) is 0 Å². The van der Waals surface area contributed by atoms with Gasteiger partial charge in [-0.2, -0.15) is 0 Å². The molecule has 3 aromatic carbocycles. The van der Waals surface area contributed by atoms with E-state index in [1.54, 1.807) is 12.1 Å². The van der Waals surface area contributed by atoms with Crippen molar-refractivity contribution in [3.8, 4) is 21.7 Å². The van der Waals surface area contributed by atoms with Gasteiger partial charge in [0, 0.05) is 32.4 Å². The fourth-order valence-corrected chi connectivity index (χ4v) is 4.19. The lowest BCUT2D eigenvalue weighted by Crippen LogP contribution is -2.28. The van der Waals surface area contributed by atoms with E-state index in [4.69, 9.17) is 0 Å². The van der Waals surface area contributed by atoms with E-state index in [0.29, 0.717) is 5.69 Å². The van der Waals surface area contributed by atoms with Gasteiger partial charge in [-0.3, -0.25) is 4.79 Å². The minimum absolute atomic E-state index is 0.528. The fourth-order valence-electron chi connectivity index (χ4n) is 3.43. The first-order valence-corrected chi connectivity index (χ1v) is 11.0. The highest BCUT2D eigenvalue weighted by atomic mass is 32.1. The zero-order valence-corrected chi connectivity index (χ0v) is 19.5. The van der Waals surface area contributed by atoms with E-state index in [0.717, 1.165) is 44.5 Å². The first-order valence-electron chi connectivity index (χ1n) is 10.2. The van der Waals surface area contributed by atoms with Gasteiger partial charge in [-0.1, -0.05) is 41.7 Å². The normalized spacial score (nSPS) is 10.8. The van der Waals surface area contributed by atoms with E-state index in [9.17, 15) is 13.6 Å². The smallest absolute Gasteiger partial charge is 0.263 e. The molecule has 1 heterocycles. The number of anilines is 2. The maximum atomic E-state index is 14.0. The first kappa shape index (κ1) is 22.5. The number of aromatic nitrogens is 2. The molecule has 0 saturated heterocycles. The Morgan fingerprint density at radius 3 is 2.12 bits per heavy atom. The Bertz CT molecular complexity index is 1300. The number of halogens is 2. The van der Waals surface area contributed by atoms with Crippen LogP contribution in [0.1, 0.15) is 15.9 Å². The average molecular weight is 465 g/mol. The number of nitrogens with zero attached hydrogens (tertiary/aromatic N) is 4. The molecular formula is C25H22F2N4OS. The number of carbonyl (C=O) groups excluding carboxylic acids is 1. The molecule has 33 heavy (non-hydrogen) atoms. The van der Waals surface area contributed by atoms with E-state index >= 15 is 0 Å². The molecule has 0 saturated carbocycles. The standard InChI is InChI=1S/C25H22F2N4OS/c1-15-8-9-17(23-28-29-25(33-23)30(2)3)14-19(15)16-10-12-18(13-11-16)31(4)24(32)22-20(26)6-5-7-21(22)27/h5-14H,1-4H3. The second kappa shape index (κ2) is 9.07. The third kappa shape index (κ3) is 4.47. The summed E-state index contributed by atoms with van der Waals surface area (Å²) in [6.45, 7) is 2.02. The van der Waals surface area contributed by atoms with Crippen LogP contribution in [-0.2, 0) is 0 Å². The maximum Gasteiger partial charge on any atom is 0.263 e. The second-order valence-corrected chi connectivity index (χ2v) is 8.78. The molecule has 0 bridgehead atoms. The van der Waals surface area contributed by atoms with Crippen LogP contribution < -0.4 is 9.80 Å². The number of hydrogen-bond donors (Lipinski definition) is 0. The van der Waals surface area contributed by atoms with Crippen molar-refractivity contribution in [2.75, 3.05) is 30.9 Å². The molecule has 5 nitrogen and oxygen atoms in total. The average Bonchev–Trinajstić information content (AvgIpc) is 3.30. The van der Waals surface area contributed by atoms with Crippen LogP contribution in [0.4, 0.5) is 19.6 Å². The molecule has 168 valence electrons. The third-order valence-electron chi connectivity index (χ3n) is 5.33. The second-order valence-electron chi connectivity index (χ2n) is 7.82. The number of hydrogen-bond acceptors (Lipinski definition) is 5. The van der Waals surface area contributed by atoms with Gasteiger partial charge in [-0.05, 0) is 53.9 Å². The Morgan fingerprint density at radius 1 is 0.879 bits per heavy atom. The lowest BCUT2D eigenvalue weighted by Gasteiger charge is -2.19.